The van der Waals surface area contributed by atoms with Gasteiger partial charge in [0, 0.05) is 7.05 Å². The molecule has 14 heavy (non-hydrogen) atoms. The van der Waals surface area contributed by atoms with E-state index in [1.807, 2.05) is 0 Å². The normalized spacial score (nSPS) is 14.5. The molecule has 0 saturated carbocycles. The highest BCUT2D eigenvalue weighted by Gasteiger charge is 2.29. The zero-order valence-corrected chi connectivity index (χ0v) is 8.37. The lowest BCUT2D eigenvalue weighted by atomic mass is 10.2. The summed E-state index contributed by atoms with van der Waals surface area (Å²) in [5.74, 6) is 1.81. The fraction of sp³-hybridized carbons (Fsp3) is 0.444. The molecule has 5 heteroatoms. The molecular formula is C9H11N3O2. The van der Waals surface area contributed by atoms with Crippen molar-refractivity contribution in [3.8, 4) is 5.88 Å². The van der Waals surface area contributed by atoms with Crippen molar-refractivity contribution < 1.29 is 9.53 Å². The van der Waals surface area contributed by atoms with E-state index in [9.17, 15) is 4.79 Å². The Labute approximate surface area is 81.7 Å². The maximum absolute atomic E-state index is 11.4. The number of rotatable bonds is 1. The molecule has 74 valence electrons. The molecule has 5 nitrogen and oxygen atoms in total. The predicted molar refractivity (Wildman–Crippen MR) is 50.4 cm³/mol. The second-order valence-corrected chi connectivity index (χ2v) is 3.21. The second-order valence-electron chi connectivity index (χ2n) is 3.21. The van der Waals surface area contributed by atoms with Gasteiger partial charge in [-0.3, -0.25) is 9.69 Å². The Balaban J connectivity index is 2.61. The van der Waals surface area contributed by atoms with Crippen LogP contribution in [-0.4, -0.2) is 30.0 Å². The average molecular weight is 193 g/mol. The average Bonchev–Trinajstić information content (AvgIpc) is 2.43. The van der Waals surface area contributed by atoms with E-state index in [2.05, 4.69) is 9.97 Å². The molecule has 0 N–H and O–H groups in total. The number of carbonyl (C=O) groups excluding carboxylic acids is 1. The summed E-state index contributed by atoms with van der Waals surface area (Å²) < 4.78 is 5.10. The molecule has 1 aliphatic heterocycles. The smallest absolute Gasteiger partial charge is 0.232 e. The minimum Gasteiger partial charge on any atom is -0.481 e. The second kappa shape index (κ2) is 2.94. The van der Waals surface area contributed by atoms with Gasteiger partial charge in [-0.2, -0.15) is 4.98 Å². The van der Waals surface area contributed by atoms with Crippen LogP contribution in [0.2, 0.25) is 0 Å². The first kappa shape index (κ1) is 8.93. The number of anilines is 1. The quantitative estimate of drug-likeness (QED) is 0.644. The molecule has 2 rings (SSSR count). The number of hydrogen-bond donors (Lipinski definition) is 0. The molecule has 0 unspecified atom stereocenters. The zero-order valence-electron chi connectivity index (χ0n) is 8.37. The summed E-state index contributed by atoms with van der Waals surface area (Å²) in [5, 5.41) is 0. The topological polar surface area (TPSA) is 55.3 Å². The summed E-state index contributed by atoms with van der Waals surface area (Å²) in [7, 11) is 3.25. The molecule has 0 fully saturated rings. The number of methoxy groups -OCH3 is 1. The first-order valence-corrected chi connectivity index (χ1v) is 4.31. The monoisotopic (exact) mass is 193 g/mol. The molecule has 1 aromatic heterocycles. The van der Waals surface area contributed by atoms with E-state index in [0.717, 1.165) is 5.56 Å². The standard InChI is InChI=1S/C9H11N3O2/c1-5-10-8-6(9(11-5)14-3)4-7(13)12(8)2/h4H2,1-3H3. The van der Waals surface area contributed by atoms with Gasteiger partial charge in [-0.25, -0.2) is 4.98 Å². The number of likely N-dealkylation sites (N-methyl/N-ethyl adjacent to an activating group) is 1. The van der Waals surface area contributed by atoms with E-state index in [1.165, 1.54) is 4.90 Å². The number of hydrogen-bond acceptors (Lipinski definition) is 4. The summed E-state index contributed by atoms with van der Waals surface area (Å²) in [6.07, 6.45) is 0.329. The molecule has 0 saturated heterocycles. The highest BCUT2D eigenvalue weighted by Crippen LogP contribution is 2.31. The molecule has 0 atom stereocenters. The lowest BCUT2D eigenvalue weighted by Crippen LogP contribution is -2.21. The summed E-state index contributed by atoms with van der Waals surface area (Å²) in [4.78, 5) is 21.3. The van der Waals surface area contributed by atoms with Crippen LogP contribution in [0.25, 0.3) is 0 Å². The van der Waals surface area contributed by atoms with Gasteiger partial charge in [-0.1, -0.05) is 0 Å². The molecule has 0 aromatic carbocycles. The van der Waals surface area contributed by atoms with Crippen LogP contribution in [0.4, 0.5) is 5.82 Å². The van der Waals surface area contributed by atoms with Crippen molar-refractivity contribution >= 4 is 11.7 Å². The van der Waals surface area contributed by atoms with E-state index < -0.39 is 0 Å². The number of ether oxygens (including phenoxy) is 1. The number of nitrogens with zero attached hydrogens (tertiary/aromatic N) is 3. The fourth-order valence-electron chi connectivity index (χ4n) is 1.54. The maximum Gasteiger partial charge on any atom is 0.232 e. The van der Waals surface area contributed by atoms with Gasteiger partial charge in [-0.05, 0) is 6.92 Å². The summed E-state index contributed by atoms with van der Waals surface area (Å²) in [6.45, 7) is 1.78. The Bertz CT molecular complexity index is 403. The van der Waals surface area contributed by atoms with Crippen molar-refractivity contribution in [2.45, 2.75) is 13.3 Å². The summed E-state index contributed by atoms with van der Waals surface area (Å²) >= 11 is 0. The molecule has 0 spiro atoms. The largest absolute Gasteiger partial charge is 0.481 e. The third kappa shape index (κ3) is 1.13. The highest BCUT2D eigenvalue weighted by molar-refractivity contribution is 6.00. The van der Waals surface area contributed by atoms with Gasteiger partial charge in [0.2, 0.25) is 11.8 Å². The Morgan fingerprint density at radius 2 is 2.14 bits per heavy atom. The molecular weight excluding hydrogens is 182 g/mol. The predicted octanol–water partition coefficient (Wildman–Crippen LogP) is 0.313. The van der Waals surface area contributed by atoms with Crippen LogP contribution in [0, 0.1) is 6.92 Å². The Kier molecular flexibility index (Phi) is 1.87. The van der Waals surface area contributed by atoms with Gasteiger partial charge in [0.05, 0.1) is 19.1 Å². The van der Waals surface area contributed by atoms with E-state index in [1.54, 1.807) is 21.1 Å². The van der Waals surface area contributed by atoms with E-state index in [-0.39, 0.29) is 5.91 Å². The van der Waals surface area contributed by atoms with Crippen LogP contribution in [0.15, 0.2) is 0 Å². The van der Waals surface area contributed by atoms with Crippen molar-refractivity contribution in [1.29, 1.82) is 0 Å². The van der Waals surface area contributed by atoms with Crippen LogP contribution in [0.1, 0.15) is 11.4 Å². The first-order valence-electron chi connectivity index (χ1n) is 4.31. The first-order chi connectivity index (χ1) is 6.63. The van der Waals surface area contributed by atoms with E-state index in [0.29, 0.717) is 23.9 Å². The molecule has 0 radical (unpaired) electrons. The van der Waals surface area contributed by atoms with Crippen molar-refractivity contribution in [3.63, 3.8) is 0 Å². The van der Waals surface area contributed by atoms with Crippen LogP contribution in [0.5, 0.6) is 5.88 Å². The SMILES string of the molecule is COc1nc(C)nc2c1CC(=O)N2C. The van der Waals surface area contributed by atoms with Gasteiger partial charge in [0.25, 0.3) is 0 Å². The van der Waals surface area contributed by atoms with E-state index >= 15 is 0 Å². The van der Waals surface area contributed by atoms with Gasteiger partial charge in [0.1, 0.15) is 11.6 Å². The van der Waals surface area contributed by atoms with Gasteiger partial charge in [0.15, 0.2) is 0 Å². The van der Waals surface area contributed by atoms with Crippen molar-refractivity contribution in [2.24, 2.45) is 0 Å². The molecule has 2 heterocycles. The Morgan fingerprint density at radius 3 is 2.79 bits per heavy atom. The van der Waals surface area contributed by atoms with Crippen molar-refractivity contribution in [1.82, 2.24) is 9.97 Å². The fourth-order valence-corrected chi connectivity index (χ4v) is 1.54. The molecule has 1 aromatic rings. The third-order valence-corrected chi connectivity index (χ3v) is 2.27. The van der Waals surface area contributed by atoms with Crippen LogP contribution in [0.3, 0.4) is 0 Å². The number of aromatic nitrogens is 2. The maximum atomic E-state index is 11.4. The van der Waals surface area contributed by atoms with Crippen LogP contribution < -0.4 is 9.64 Å². The molecule has 1 aliphatic rings. The lowest BCUT2D eigenvalue weighted by Gasteiger charge is -2.10. The Morgan fingerprint density at radius 1 is 1.43 bits per heavy atom. The number of aryl methyl sites for hydroxylation is 1. The van der Waals surface area contributed by atoms with E-state index in [4.69, 9.17) is 4.74 Å². The number of fused-ring (bicyclic) bond motifs is 1. The summed E-state index contributed by atoms with van der Waals surface area (Å²) in [6, 6.07) is 0. The van der Waals surface area contributed by atoms with Gasteiger partial charge >= 0.3 is 0 Å². The zero-order chi connectivity index (χ0) is 10.3. The van der Waals surface area contributed by atoms with Gasteiger partial charge in [-0.15, -0.1) is 0 Å². The summed E-state index contributed by atoms with van der Waals surface area (Å²) in [5.41, 5.74) is 0.783. The minimum atomic E-state index is 0.0261. The molecule has 1 amide bonds. The number of carbonyl (C=O) groups is 1. The van der Waals surface area contributed by atoms with Crippen molar-refractivity contribution in [3.05, 3.63) is 11.4 Å². The minimum absolute atomic E-state index is 0.0261. The van der Waals surface area contributed by atoms with Crippen LogP contribution >= 0.6 is 0 Å². The molecule has 0 aliphatic carbocycles. The highest BCUT2D eigenvalue weighted by atomic mass is 16.5. The lowest BCUT2D eigenvalue weighted by molar-refractivity contribution is -0.117. The van der Waals surface area contributed by atoms with Crippen LogP contribution in [-0.2, 0) is 11.2 Å². The third-order valence-electron chi connectivity index (χ3n) is 2.27. The number of amides is 1. The Hall–Kier alpha value is -1.65. The van der Waals surface area contributed by atoms with Crippen molar-refractivity contribution in [2.75, 3.05) is 19.1 Å². The molecule has 0 bridgehead atoms. The van der Waals surface area contributed by atoms with Gasteiger partial charge < -0.3 is 4.74 Å².